The number of nitrogen functional groups attached to an aromatic ring is 1. The fourth-order valence-electron chi connectivity index (χ4n) is 2.41. The number of rotatable bonds is 7. The first-order valence-electron chi connectivity index (χ1n) is 7.45. The molecule has 0 atom stereocenters. The summed E-state index contributed by atoms with van der Waals surface area (Å²) < 4.78 is 5.57. The van der Waals surface area contributed by atoms with E-state index in [4.69, 9.17) is 10.5 Å². The highest BCUT2D eigenvalue weighted by Crippen LogP contribution is 2.27. The largest absolute Gasteiger partial charge is 0.491 e. The predicted octanol–water partition coefficient (Wildman–Crippen LogP) is 2.69. The Labute approximate surface area is 120 Å². The van der Waals surface area contributed by atoms with Crippen LogP contribution >= 0.6 is 0 Å². The monoisotopic (exact) mass is 276 g/mol. The van der Waals surface area contributed by atoms with Gasteiger partial charge in [-0.15, -0.1) is 0 Å². The first-order valence-corrected chi connectivity index (χ1v) is 7.45. The van der Waals surface area contributed by atoms with E-state index in [1.807, 2.05) is 30.0 Å². The van der Waals surface area contributed by atoms with Crippen molar-refractivity contribution in [1.29, 1.82) is 0 Å². The lowest BCUT2D eigenvalue weighted by molar-refractivity contribution is -0.132. The quantitative estimate of drug-likeness (QED) is 0.779. The normalized spacial score (nSPS) is 14.7. The molecule has 1 aromatic carbocycles. The van der Waals surface area contributed by atoms with Crippen LogP contribution in [0.4, 0.5) is 5.69 Å². The number of nitrogens with zero attached hydrogens (tertiary/aromatic N) is 1. The van der Waals surface area contributed by atoms with Crippen LogP contribution in [0.3, 0.4) is 0 Å². The third-order valence-electron chi connectivity index (χ3n) is 3.93. The molecule has 1 aliphatic carbocycles. The zero-order valence-corrected chi connectivity index (χ0v) is 12.2. The molecule has 0 spiro atoms. The molecule has 2 N–H and O–H groups in total. The number of ether oxygens (including phenoxy) is 1. The van der Waals surface area contributed by atoms with Crippen molar-refractivity contribution in [3.63, 3.8) is 0 Å². The molecule has 1 aromatic rings. The number of hydrogen-bond acceptors (Lipinski definition) is 3. The second-order valence-electron chi connectivity index (χ2n) is 5.37. The Hall–Kier alpha value is -1.71. The number of carbonyl (C=O) groups excluding carboxylic acids is 1. The fourth-order valence-corrected chi connectivity index (χ4v) is 2.41. The number of benzene rings is 1. The van der Waals surface area contributed by atoms with Crippen molar-refractivity contribution in [3.8, 4) is 5.75 Å². The van der Waals surface area contributed by atoms with Gasteiger partial charge in [0.05, 0.1) is 18.7 Å². The lowest BCUT2D eigenvalue weighted by Gasteiger charge is -2.31. The van der Waals surface area contributed by atoms with E-state index in [9.17, 15) is 4.79 Å². The van der Waals surface area contributed by atoms with Crippen LogP contribution < -0.4 is 10.5 Å². The molecule has 4 nitrogen and oxygen atoms in total. The lowest BCUT2D eigenvalue weighted by Crippen LogP contribution is -2.37. The van der Waals surface area contributed by atoms with Crippen LogP contribution in [0.5, 0.6) is 5.75 Å². The molecule has 20 heavy (non-hydrogen) atoms. The summed E-state index contributed by atoms with van der Waals surface area (Å²) in [6.45, 7) is 4.10. The SMILES string of the molecule is CCN(CC1CCC1)C(=O)CCOc1ccccc1N. The summed E-state index contributed by atoms with van der Waals surface area (Å²) in [4.78, 5) is 14.1. The molecular weight excluding hydrogens is 252 g/mol. The maximum absolute atomic E-state index is 12.1. The number of para-hydroxylation sites is 2. The van der Waals surface area contributed by atoms with Gasteiger partial charge >= 0.3 is 0 Å². The van der Waals surface area contributed by atoms with Crippen molar-refractivity contribution in [2.75, 3.05) is 25.4 Å². The molecule has 1 fully saturated rings. The molecule has 0 aliphatic heterocycles. The topological polar surface area (TPSA) is 55.6 Å². The Morgan fingerprint density at radius 2 is 2.15 bits per heavy atom. The van der Waals surface area contributed by atoms with Gasteiger partial charge in [-0.25, -0.2) is 0 Å². The van der Waals surface area contributed by atoms with Gasteiger partial charge in [0.2, 0.25) is 5.91 Å². The van der Waals surface area contributed by atoms with Crippen molar-refractivity contribution in [3.05, 3.63) is 24.3 Å². The summed E-state index contributed by atoms with van der Waals surface area (Å²) in [6.07, 6.45) is 4.25. The second kappa shape index (κ2) is 7.17. The molecule has 0 bridgehead atoms. The molecule has 4 heteroatoms. The van der Waals surface area contributed by atoms with Crippen LogP contribution in [0.25, 0.3) is 0 Å². The van der Waals surface area contributed by atoms with Crippen molar-refractivity contribution in [2.24, 2.45) is 5.92 Å². The Kier molecular flexibility index (Phi) is 5.27. The van der Waals surface area contributed by atoms with E-state index in [1.165, 1.54) is 19.3 Å². The Morgan fingerprint density at radius 1 is 1.40 bits per heavy atom. The molecule has 1 saturated carbocycles. The van der Waals surface area contributed by atoms with Gasteiger partial charge in [-0.05, 0) is 37.8 Å². The predicted molar refractivity (Wildman–Crippen MR) is 80.6 cm³/mol. The molecule has 2 rings (SSSR count). The van der Waals surface area contributed by atoms with Gasteiger partial charge in [-0.2, -0.15) is 0 Å². The van der Waals surface area contributed by atoms with Crippen LogP contribution in [0, 0.1) is 5.92 Å². The van der Waals surface area contributed by atoms with Crippen LogP contribution in [-0.2, 0) is 4.79 Å². The molecule has 1 amide bonds. The van der Waals surface area contributed by atoms with Crippen LogP contribution in [0.2, 0.25) is 0 Å². The lowest BCUT2D eigenvalue weighted by atomic mass is 9.85. The molecule has 0 unspecified atom stereocenters. The zero-order chi connectivity index (χ0) is 14.4. The van der Waals surface area contributed by atoms with Gasteiger partial charge in [0.25, 0.3) is 0 Å². The summed E-state index contributed by atoms with van der Waals surface area (Å²) >= 11 is 0. The average molecular weight is 276 g/mol. The van der Waals surface area contributed by atoms with Gasteiger partial charge in [-0.3, -0.25) is 4.79 Å². The smallest absolute Gasteiger partial charge is 0.225 e. The zero-order valence-electron chi connectivity index (χ0n) is 12.2. The number of hydrogen-bond donors (Lipinski definition) is 1. The van der Waals surface area contributed by atoms with Gasteiger partial charge in [0.1, 0.15) is 5.75 Å². The average Bonchev–Trinajstić information content (AvgIpc) is 2.40. The van der Waals surface area contributed by atoms with E-state index >= 15 is 0 Å². The summed E-state index contributed by atoms with van der Waals surface area (Å²) in [5, 5.41) is 0. The van der Waals surface area contributed by atoms with Crippen LogP contribution in [0.15, 0.2) is 24.3 Å². The molecule has 1 aliphatic rings. The summed E-state index contributed by atoms with van der Waals surface area (Å²) in [5.41, 5.74) is 6.41. The molecule has 0 aromatic heterocycles. The third-order valence-corrected chi connectivity index (χ3v) is 3.93. The van der Waals surface area contributed by atoms with Crippen molar-refractivity contribution < 1.29 is 9.53 Å². The van der Waals surface area contributed by atoms with E-state index < -0.39 is 0 Å². The molecule has 0 heterocycles. The minimum Gasteiger partial charge on any atom is -0.491 e. The Bertz CT molecular complexity index is 444. The first kappa shape index (κ1) is 14.7. The molecule has 0 radical (unpaired) electrons. The Balaban J connectivity index is 1.74. The van der Waals surface area contributed by atoms with Crippen molar-refractivity contribution >= 4 is 11.6 Å². The summed E-state index contributed by atoms with van der Waals surface area (Å²) in [7, 11) is 0. The summed E-state index contributed by atoms with van der Waals surface area (Å²) in [6, 6.07) is 7.37. The summed E-state index contributed by atoms with van der Waals surface area (Å²) in [5.74, 6) is 1.54. The molecular formula is C16H24N2O2. The minimum absolute atomic E-state index is 0.175. The third kappa shape index (κ3) is 3.89. The van der Waals surface area contributed by atoms with E-state index in [2.05, 4.69) is 0 Å². The van der Waals surface area contributed by atoms with Gasteiger partial charge in [0.15, 0.2) is 0 Å². The number of nitrogens with two attached hydrogens (primary N) is 1. The van der Waals surface area contributed by atoms with Crippen LogP contribution in [0.1, 0.15) is 32.6 Å². The highest BCUT2D eigenvalue weighted by atomic mass is 16.5. The van der Waals surface area contributed by atoms with Gasteiger partial charge in [0, 0.05) is 13.1 Å². The molecule has 0 saturated heterocycles. The van der Waals surface area contributed by atoms with E-state index in [1.54, 1.807) is 6.07 Å². The number of anilines is 1. The minimum atomic E-state index is 0.175. The molecule has 110 valence electrons. The van der Waals surface area contributed by atoms with E-state index in [-0.39, 0.29) is 5.91 Å². The Morgan fingerprint density at radius 3 is 2.75 bits per heavy atom. The highest BCUT2D eigenvalue weighted by Gasteiger charge is 2.22. The van der Waals surface area contributed by atoms with E-state index in [0.717, 1.165) is 13.1 Å². The highest BCUT2D eigenvalue weighted by molar-refractivity contribution is 5.76. The fraction of sp³-hybridized carbons (Fsp3) is 0.562. The van der Waals surface area contributed by atoms with Gasteiger partial charge in [-0.1, -0.05) is 18.6 Å². The maximum Gasteiger partial charge on any atom is 0.225 e. The van der Waals surface area contributed by atoms with E-state index in [0.29, 0.717) is 30.4 Å². The van der Waals surface area contributed by atoms with Crippen LogP contribution in [-0.4, -0.2) is 30.5 Å². The first-order chi connectivity index (χ1) is 9.70. The number of carbonyl (C=O) groups is 1. The van der Waals surface area contributed by atoms with Crippen molar-refractivity contribution in [2.45, 2.75) is 32.6 Å². The standard InChI is InChI=1S/C16H24N2O2/c1-2-18(12-13-6-5-7-13)16(19)10-11-20-15-9-4-3-8-14(15)17/h3-4,8-9,13H,2,5-7,10-12,17H2,1H3. The second-order valence-corrected chi connectivity index (χ2v) is 5.37. The van der Waals surface area contributed by atoms with Gasteiger partial charge < -0.3 is 15.4 Å². The maximum atomic E-state index is 12.1. The number of amides is 1. The van der Waals surface area contributed by atoms with Crippen molar-refractivity contribution in [1.82, 2.24) is 4.90 Å².